The second kappa shape index (κ2) is 26.0. The molecule has 0 aliphatic rings. The van der Waals surface area contributed by atoms with Crippen molar-refractivity contribution in [2.45, 2.75) is 83.1 Å². The average molecular weight is 745 g/mol. The van der Waals surface area contributed by atoms with Crippen LogP contribution in [0.3, 0.4) is 0 Å². The Labute approximate surface area is 338 Å². The van der Waals surface area contributed by atoms with E-state index in [4.69, 9.17) is 0 Å². The maximum absolute atomic E-state index is 11.1. The minimum Gasteiger partial charge on any atom is -0.295 e. The van der Waals surface area contributed by atoms with Gasteiger partial charge in [0.15, 0.2) is 11.6 Å². The SMILES string of the molecule is C.C.CC(=O)c1ccc2ccccc2c1.CC(=O)c1ccc2ccccc2c1.CCC.CCC.Cc1ccc2ccccc2c1.Cc1ccc2ccccc2c1. The fourth-order valence-electron chi connectivity index (χ4n) is 5.43. The van der Waals surface area contributed by atoms with Crippen LogP contribution in [0.4, 0.5) is 0 Å². The lowest BCUT2D eigenvalue weighted by Gasteiger charge is -1.99. The molecule has 0 aliphatic carbocycles. The molecule has 56 heavy (non-hydrogen) atoms. The molecule has 292 valence electrons. The van der Waals surface area contributed by atoms with Gasteiger partial charge in [0.25, 0.3) is 0 Å². The highest BCUT2D eigenvalue weighted by molar-refractivity contribution is 5.99. The van der Waals surface area contributed by atoms with Crippen molar-refractivity contribution >= 4 is 54.7 Å². The molecule has 0 aliphatic heterocycles. The number of carbonyl (C=O) groups excluding carboxylic acids is 2. The predicted molar refractivity (Wildman–Crippen MR) is 251 cm³/mol. The molecule has 0 saturated heterocycles. The summed E-state index contributed by atoms with van der Waals surface area (Å²) in [7, 11) is 0. The molecule has 2 heteroatoms. The minimum absolute atomic E-state index is 0. The summed E-state index contributed by atoms with van der Waals surface area (Å²) in [5, 5.41) is 9.88. The first-order valence-electron chi connectivity index (χ1n) is 19.0. The first-order valence-corrected chi connectivity index (χ1v) is 19.0. The Balaban J connectivity index is 0.000000353. The van der Waals surface area contributed by atoms with Gasteiger partial charge in [0, 0.05) is 11.1 Å². The van der Waals surface area contributed by atoms with Gasteiger partial charge in [-0.1, -0.05) is 224 Å². The molecule has 8 aromatic carbocycles. The Morgan fingerprint density at radius 1 is 0.339 bits per heavy atom. The van der Waals surface area contributed by atoms with Crippen molar-refractivity contribution in [1.82, 2.24) is 0 Å². The molecule has 8 rings (SSSR count). The number of Topliss-reactive ketones (excluding diaryl/α,β-unsaturated/α-hetero) is 2. The summed E-state index contributed by atoms with van der Waals surface area (Å²) in [4.78, 5) is 22.2. The molecule has 0 aromatic heterocycles. The van der Waals surface area contributed by atoms with E-state index in [2.05, 4.69) is 126 Å². The Morgan fingerprint density at radius 3 is 0.804 bits per heavy atom. The lowest BCUT2D eigenvalue weighted by molar-refractivity contribution is 0.100. The third-order valence-corrected chi connectivity index (χ3v) is 8.12. The number of hydrogen-bond acceptors (Lipinski definition) is 2. The second-order valence-electron chi connectivity index (χ2n) is 13.4. The van der Waals surface area contributed by atoms with Gasteiger partial charge < -0.3 is 0 Å². The van der Waals surface area contributed by atoms with Crippen molar-refractivity contribution in [2.24, 2.45) is 0 Å². The highest BCUT2D eigenvalue weighted by atomic mass is 16.1. The van der Waals surface area contributed by atoms with E-state index >= 15 is 0 Å². The van der Waals surface area contributed by atoms with Crippen LogP contribution >= 0.6 is 0 Å². The molecule has 0 fully saturated rings. The van der Waals surface area contributed by atoms with Gasteiger partial charge in [-0.2, -0.15) is 0 Å². The number of aryl methyl sites for hydroxylation is 2. The van der Waals surface area contributed by atoms with E-state index in [1.807, 2.05) is 84.9 Å². The van der Waals surface area contributed by atoms with Crippen molar-refractivity contribution in [1.29, 1.82) is 0 Å². The lowest BCUT2D eigenvalue weighted by atomic mass is 10.1. The molecular formula is C54H64O2. The van der Waals surface area contributed by atoms with Crippen LogP contribution in [-0.2, 0) is 0 Å². The summed E-state index contributed by atoms with van der Waals surface area (Å²) < 4.78 is 0. The normalized spacial score (nSPS) is 9.43. The van der Waals surface area contributed by atoms with Gasteiger partial charge in [0.1, 0.15) is 0 Å². The van der Waals surface area contributed by atoms with Crippen molar-refractivity contribution in [3.05, 3.63) is 192 Å². The van der Waals surface area contributed by atoms with Crippen LogP contribution in [0.15, 0.2) is 170 Å². The quantitative estimate of drug-likeness (QED) is 0.165. The molecule has 0 atom stereocenters. The fourth-order valence-corrected chi connectivity index (χ4v) is 5.43. The molecule has 0 spiro atoms. The number of carbonyl (C=O) groups is 2. The van der Waals surface area contributed by atoms with Crippen LogP contribution in [-0.4, -0.2) is 11.6 Å². The topological polar surface area (TPSA) is 34.1 Å². The van der Waals surface area contributed by atoms with E-state index in [1.54, 1.807) is 13.8 Å². The van der Waals surface area contributed by atoms with Gasteiger partial charge in [0.05, 0.1) is 0 Å². The van der Waals surface area contributed by atoms with Gasteiger partial charge >= 0.3 is 0 Å². The van der Waals surface area contributed by atoms with Crippen LogP contribution in [0.25, 0.3) is 43.1 Å². The third kappa shape index (κ3) is 15.9. The van der Waals surface area contributed by atoms with E-state index in [9.17, 15) is 9.59 Å². The van der Waals surface area contributed by atoms with Gasteiger partial charge in [-0.25, -0.2) is 0 Å². The van der Waals surface area contributed by atoms with E-state index in [1.165, 1.54) is 56.3 Å². The highest BCUT2D eigenvalue weighted by Gasteiger charge is 2.00. The summed E-state index contributed by atoms with van der Waals surface area (Å²) in [5.74, 6) is 0.233. The summed E-state index contributed by atoms with van der Waals surface area (Å²) in [6, 6.07) is 57.4. The molecule has 0 amide bonds. The number of fused-ring (bicyclic) bond motifs is 4. The van der Waals surface area contributed by atoms with E-state index < -0.39 is 0 Å². The number of rotatable bonds is 2. The predicted octanol–water partition coefficient (Wildman–Crippen LogP) is 16.5. The maximum atomic E-state index is 11.1. The van der Waals surface area contributed by atoms with Crippen LogP contribution < -0.4 is 0 Å². The molecular weight excluding hydrogens is 681 g/mol. The summed E-state index contributed by atoms with van der Waals surface area (Å²) in [6.07, 6.45) is 2.50. The van der Waals surface area contributed by atoms with Crippen molar-refractivity contribution in [3.8, 4) is 0 Å². The second-order valence-corrected chi connectivity index (χ2v) is 13.4. The third-order valence-electron chi connectivity index (χ3n) is 8.12. The maximum Gasteiger partial charge on any atom is 0.159 e. The van der Waals surface area contributed by atoms with Crippen molar-refractivity contribution < 1.29 is 9.59 Å². The standard InChI is InChI=1S/2C12H10O.2C11H10.2C3H8.2CH4/c2*1-9(13)11-7-6-10-4-2-3-5-12(10)8-11;2*1-9-6-7-10-4-2-3-5-11(10)8-9;2*1-3-2;;/h2*2-8H,1H3;2*2-8H,1H3;2*3H2,1-2H3;2*1H4. The first-order chi connectivity index (χ1) is 26.1. The zero-order chi connectivity index (χ0) is 39.3. The van der Waals surface area contributed by atoms with Crippen molar-refractivity contribution in [3.63, 3.8) is 0 Å². The smallest absolute Gasteiger partial charge is 0.159 e. The Morgan fingerprint density at radius 2 is 0.554 bits per heavy atom. The Bertz CT molecular complexity index is 2200. The molecule has 0 unspecified atom stereocenters. The highest BCUT2D eigenvalue weighted by Crippen LogP contribution is 2.18. The zero-order valence-corrected chi connectivity index (χ0v) is 33.4. The van der Waals surface area contributed by atoms with Crippen LogP contribution in [0.2, 0.25) is 0 Å². The Kier molecular flexibility index (Phi) is 22.4. The molecule has 0 saturated carbocycles. The first kappa shape index (κ1) is 48.2. The number of ketones is 2. The number of hydrogen-bond donors (Lipinski definition) is 0. The van der Waals surface area contributed by atoms with Gasteiger partial charge in [0.2, 0.25) is 0 Å². The van der Waals surface area contributed by atoms with Crippen LogP contribution in [0.1, 0.15) is 101 Å². The molecule has 8 aromatic rings. The number of benzene rings is 8. The summed E-state index contributed by atoms with van der Waals surface area (Å²) in [5.41, 5.74) is 4.20. The monoisotopic (exact) mass is 744 g/mol. The van der Waals surface area contributed by atoms with Gasteiger partial charge in [-0.15, -0.1) is 0 Å². The van der Waals surface area contributed by atoms with E-state index in [0.29, 0.717) is 0 Å². The van der Waals surface area contributed by atoms with Crippen LogP contribution in [0.5, 0.6) is 0 Å². The largest absolute Gasteiger partial charge is 0.295 e. The lowest BCUT2D eigenvalue weighted by Crippen LogP contribution is -1.90. The molecule has 0 N–H and O–H groups in total. The van der Waals surface area contributed by atoms with E-state index in [0.717, 1.165) is 21.9 Å². The molecule has 0 bridgehead atoms. The zero-order valence-electron chi connectivity index (χ0n) is 33.4. The molecule has 2 nitrogen and oxygen atoms in total. The minimum atomic E-state index is 0. The van der Waals surface area contributed by atoms with Crippen LogP contribution in [0, 0.1) is 13.8 Å². The van der Waals surface area contributed by atoms with E-state index in [-0.39, 0.29) is 26.4 Å². The molecule has 0 heterocycles. The fraction of sp³-hybridized carbons (Fsp3) is 0.222. The summed E-state index contributed by atoms with van der Waals surface area (Å²) in [6.45, 7) is 15.9. The average Bonchev–Trinajstić information content (AvgIpc) is 3.18. The molecule has 0 radical (unpaired) electrons. The van der Waals surface area contributed by atoms with Gasteiger partial charge in [-0.05, 0) is 82.9 Å². The summed E-state index contributed by atoms with van der Waals surface area (Å²) >= 11 is 0. The Hall–Kier alpha value is -5.86. The van der Waals surface area contributed by atoms with Crippen molar-refractivity contribution in [2.75, 3.05) is 0 Å². The van der Waals surface area contributed by atoms with Gasteiger partial charge in [-0.3, -0.25) is 9.59 Å².